The number of hydrogen-bond donors (Lipinski definition) is 1. The number of amides is 1. The average Bonchev–Trinajstić information content (AvgIpc) is 2.82. The van der Waals surface area contributed by atoms with Gasteiger partial charge in [-0.15, -0.1) is 11.3 Å². The highest BCUT2D eigenvalue weighted by Gasteiger charge is 2.08. The van der Waals surface area contributed by atoms with Crippen LogP contribution in [0.25, 0.3) is 21.2 Å². The van der Waals surface area contributed by atoms with Crippen LogP contribution in [0, 0.1) is 0 Å². The summed E-state index contributed by atoms with van der Waals surface area (Å²) in [4.78, 5) is 15.2. The number of rotatable bonds is 2. The summed E-state index contributed by atoms with van der Waals surface area (Å²) in [5.74, 6) is -0.455. The maximum atomic E-state index is 11.2. The second-order valence-electron chi connectivity index (χ2n) is 3.97. The van der Waals surface area contributed by atoms with E-state index in [9.17, 15) is 4.79 Å². The van der Waals surface area contributed by atoms with Crippen molar-refractivity contribution in [1.29, 1.82) is 0 Å². The average molecular weight is 254 g/mol. The molecule has 3 nitrogen and oxygen atoms in total. The van der Waals surface area contributed by atoms with Gasteiger partial charge in [0.05, 0.1) is 5.56 Å². The third-order valence-corrected chi connectivity index (χ3v) is 3.78. The number of pyridine rings is 1. The lowest BCUT2D eigenvalue weighted by Crippen LogP contribution is -2.11. The molecule has 2 heterocycles. The molecule has 4 heteroatoms. The largest absolute Gasteiger partial charge is 0.366 e. The van der Waals surface area contributed by atoms with Crippen LogP contribution in [-0.4, -0.2) is 10.9 Å². The Bertz CT molecular complexity index is 733. The second kappa shape index (κ2) is 4.23. The Hall–Kier alpha value is -2.20. The molecule has 0 fully saturated rings. The topological polar surface area (TPSA) is 56.0 Å². The molecule has 0 aliphatic heterocycles. The molecule has 0 bridgehead atoms. The number of nitrogens with zero attached hydrogens (tertiary/aromatic N) is 1. The van der Waals surface area contributed by atoms with Crippen molar-refractivity contribution in [1.82, 2.24) is 4.98 Å². The lowest BCUT2D eigenvalue weighted by molar-refractivity contribution is 0.1000. The van der Waals surface area contributed by atoms with E-state index in [1.54, 1.807) is 23.6 Å². The molecule has 2 aromatic heterocycles. The van der Waals surface area contributed by atoms with Crippen LogP contribution in [-0.2, 0) is 0 Å². The van der Waals surface area contributed by atoms with Gasteiger partial charge in [-0.3, -0.25) is 9.78 Å². The molecule has 1 aromatic carbocycles. The van der Waals surface area contributed by atoms with E-state index in [1.807, 2.05) is 12.1 Å². The summed E-state index contributed by atoms with van der Waals surface area (Å²) in [5.41, 5.74) is 7.71. The van der Waals surface area contributed by atoms with E-state index in [1.165, 1.54) is 16.3 Å². The van der Waals surface area contributed by atoms with E-state index < -0.39 is 5.91 Å². The van der Waals surface area contributed by atoms with Crippen molar-refractivity contribution in [2.75, 3.05) is 0 Å². The van der Waals surface area contributed by atoms with E-state index in [0.717, 1.165) is 11.1 Å². The van der Waals surface area contributed by atoms with Crippen LogP contribution < -0.4 is 5.73 Å². The quantitative estimate of drug-likeness (QED) is 0.764. The number of carbonyl (C=O) groups is 1. The third-order valence-electron chi connectivity index (χ3n) is 2.81. The number of carbonyl (C=O) groups excluding carboxylic acids is 1. The lowest BCUT2D eigenvalue weighted by atomic mass is 10.1. The fourth-order valence-electron chi connectivity index (χ4n) is 1.92. The highest BCUT2D eigenvalue weighted by molar-refractivity contribution is 7.17. The van der Waals surface area contributed by atoms with E-state index in [2.05, 4.69) is 22.5 Å². The number of hydrogen-bond acceptors (Lipinski definition) is 3. The maximum absolute atomic E-state index is 11.2. The van der Waals surface area contributed by atoms with Gasteiger partial charge in [0.25, 0.3) is 0 Å². The van der Waals surface area contributed by atoms with Gasteiger partial charge in [-0.25, -0.2) is 0 Å². The Kier molecular flexibility index (Phi) is 2.57. The first kappa shape index (κ1) is 10.9. The number of fused-ring (bicyclic) bond motifs is 1. The predicted octanol–water partition coefficient (Wildman–Crippen LogP) is 3.06. The van der Waals surface area contributed by atoms with Crippen molar-refractivity contribution >= 4 is 27.3 Å². The Morgan fingerprint density at radius 1 is 1.22 bits per heavy atom. The Balaban J connectivity index is 2.20. The van der Waals surface area contributed by atoms with Gasteiger partial charge in [0.1, 0.15) is 0 Å². The first-order valence-corrected chi connectivity index (χ1v) is 6.35. The molecule has 0 saturated carbocycles. The Morgan fingerprint density at radius 2 is 2.06 bits per heavy atom. The lowest BCUT2D eigenvalue weighted by Gasteiger charge is -2.01. The SMILES string of the molecule is NC(=O)c1cncc(-c2csc3ccccc23)c1. The molecule has 88 valence electrons. The summed E-state index contributed by atoms with van der Waals surface area (Å²) in [5, 5.41) is 3.25. The summed E-state index contributed by atoms with van der Waals surface area (Å²) in [6, 6.07) is 9.95. The van der Waals surface area contributed by atoms with Crippen LogP contribution in [0.5, 0.6) is 0 Å². The molecule has 0 saturated heterocycles. The van der Waals surface area contributed by atoms with Crippen molar-refractivity contribution in [2.45, 2.75) is 0 Å². The highest BCUT2D eigenvalue weighted by Crippen LogP contribution is 2.33. The Labute approximate surface area is 108 Å². The van der Waals surface area contributed by atoms with Crippen LogP contribution in [0.15, 0.2) is 48.1 Å². The molecule has 0 spiro atoms. The summed E-state index contributed by atoms with van der Waals surface area (Å²) in [7, 11) is 0. The zero-order valence-corrected chi connectivity index (χ0v) is 10.3. The van der Waals surface area contributed by atoms with Crippen molar-refractivity contribution in [3.05, 3.63) is 53.7 Å². The summed E-state index contributed by atoms with van der Waals surface area (Å²) >= 11 is 1.68. The molecule has 1 amide bonds. The minimum absolute atomic E-state index is 0.433. The first-order chi connectivity index (χ1) is 8.75. The number of primary amides is 1. The monoisotopic (exact) mass is 254 g/mol. The van der Waals surface area contributed by atoms with E-state index >= 15 is 0 Å². The van der Waals surface area contributed by atoms with Crippen LogP contribution in [0.1, 0.15) is 10.4 Å². The zero-order chi connectivity index (χ0) is 12.5. The predicted molar refractivity (Wildman–Crippen MR) is 73.6 cm³/mol. The van der Waals surface area contributed by atoms with Crippen molar-refractivity contribution in [3.8, 4) is 11.1 Å². The van der Waals surface area contributed by atoms with Crippen molar-refractivity contribution in [3.63, 3.8) is 0 Å². The van der Waals surface area contributed by atoms with Gasteiger partial charge in [0.2, 0.25) is 5.91 Å². The molecule has 18 heavy (non-hydrogen) atoms. The molecule has 3 aromatic rings. The van der Waals surface area contributed by atoms with E-state index in [0.29, 0.717) is 5.56 Å². The van der Waals surface area contributed by atoms with Gasteiger partial charge in [-0.05, 0) is 17.5 Å². The van der Waals surface area contributed by atoms with Gasteiger partial charge in [0, 0.05) is 33.6 Å². The molecule has 2 N–H and O–H groups in total. The van der Waals surface area contributed by atoms with Crippen LogP contribution in [0.2, 0.25) is 0 Å². The van der Waals surface area contributed by atoms with Gasteiger partial charge >= 0.3 is 0 Å². The fraction of sp³-hybridized carbons (Fsp3) is 0. The number of thiophene rings is 1. The van der Waals surface area contributed by atoms with E-state index in [-0.39, 0.29) is 0 Å². The van der Waals surface area contributed by atoms with Gasteiger partial charge in [0.15, 0.2) is 0 Å². The van der Waals surface area contributed by atoms with Crippen LogP contribution in [0.3, 0.4) is 0 Å². The second-order valence-corrected chi connectivity index (χ2v) is 4.88. The normalized spacial score (nSPS) is 10.7. The maximum Gasteiger partial charge on any atom is 0.250 e. The van der Waals surface area contributed by atoms with Crippen LogP contribution in [0.4, 0.5) is 0 Å². The molecule has 0 radical (unpaired) electrons. The molecule has 0 aliphatic rings. The molecule has 0 unspecified atom stereocenters. The van der Waals surface area contributed by atoms with Crippen LogP contribution >= 0.6 is 11.3 Å². The number of benzene rings is 1. The summed E-state index contributed by atoms with van der Waals surface area (Å²) in [6.45, 7) is 0. The van der Waals surface area contributed by atoms with Gasteiger partial charge in [-0.2, -0.15) is 0 Å². The summed E-state index contributed by atoms with van der Waals surface area (Å²) in [6.07, 6.45) is 3.24. The van der Waals surface area contributed by atoms with Crippen molar-refractivity contribution in [2.24, 2.45) is 5.73 Å². The smallest absolute Gasteiger partial charge is 0.250 e. The number of nitrogens with two attached hydrogens (primary N) is 1. The van der Waals surface area contributed by atoms with E-state index in [4.69, 9.17) is 5.73 Å². The zero-order valence-electron chi connectivity index (χ0n) is 9.46. The molecule has 3 rings (SSSR count). The third kappa shape index (κ3) is 1.76. The minimum Gasteiger partial charge on any atom is -0.366 e. The Morgan fingerprint density at radius 3 is 2.89 bits per heavy atom. The minimum atomic E-state index is -0.455. The molecule has 0 atom stereocenters. The molecular formula is C14H10N2OS. The summed E-state index contributed by atoms with van der Waals surface area (Å²) < 4.78 is 1.22. The fourth-order valence-corrected chi connectivity index (χ4v) is 2.89. The number of aromatic nitrogens is 1. The molecule has 0 aliphatic carbocycles. The standard InChI is InChI=1S/C14H10N2OS/c15-14(17)10-5-9(6-16-7-10)12-8-18-13-4-2-1-3-11(12)13/h1-8H,(H2,15,17). The van der Waals surface area contributed by atoms with Crippen molar-refractivity contribution < 1.29 is 4.79 Å². The molecular weight excluding hydrogens is 244 g/mol. The van der Waals surface area contributed by atoms with Gasteiger partial charge in [-0.1, -0.05) is 18.2 Å². The first-order valence-electron chi connectivity index (χ1n) is 5.47. The van der Waals surface area contributed by atoms with Gasteiger partial charge < -0.3 is 5.73 Å². The highest BCUT2D eigenvalue weighted by atomic mass is 32.1.